The van der Waals surface area contributed by atoms with E-state index in [0.717, 1.165) is 0 Å². The van der Waals surface area contributed by atoms with Crippen LogP contribution in [0.3, 0.4) is 0 Å². The highest BCUT2D eigenvalue weighted by Gasteiger charge is 2.19. The first-order chi connectivity index (χ1) is 12.2. The second-order valence-corrected chi connectivity index (χ2v) is 6.29. The molecule has 0 radical (unpaired) electrons. The molecule has 9 nitrogen and oxygen atoms in total. The van der Waals surface area contributed by atoms with Crippen LogP contribution >= 0.6 is 0 Å². The number of hydrogen-bond acceptors (Lipinski definition) is 5. The zero-order chi connectivity index (χ0) is 19.4. The Morgan fingerprint density at radius 2 is 2.04 bits per heavy atom. The van der Waals surface area contributed by atoms with Crippen molar-refractivity contribution in [3.05, 3.63) is 24.0 Å². The van der Waals surface area contributed by atoms with Crippen molar-refractivity contribution in [2.24, 2.45) is 5.92 Å². The Hall–Kier alpha value is -3.04. The van der Waals surface area contributed by atoms with E-state index in [9.17, 15) is 14.0 Å². The number of aromatic nitrogens is 4. The molecule has 10 heteroatoms. The number of amides is 2. The molecule has 26 heavy (non-hydrogen) atoms. The maximum Gasteiger partial charge on any atom is 0.321 e. The number of hydrogen-bond donors (Lipinski definition) is 2. The van der Waals surface area contributed by atoms with Crippen molar-refractivity contribution in [3.8, 4) is 11.4 Å². The Bertz CT molecular complexity index is 807. The van der Waals surface area contributed by atoms with Crippen LogP contribution in [0.25, 0.3) is 11.4 Å². The summed E-state index contributed by atoms with van der Waals surface area (Å²) in [5.41, 5.74) is 0.462. The highest BCUT2D eigenvalue weighted by atomic mass is 19.1. The number of carboxylic acids is 1. The van der Waals surface area contributed by atoms with Crippen LogP contribution in [-0.2, 0) is 4.79 Å². The van der Waals surface area contributed by atoms with Gasteiger partial charge in [-0.25, -0.2) is 13.9 Å². The number of nitrogens with zero attached hydrogens (tertiary/aromatic N) is 5. The van der Waals surface area contributed by atoms with Gasteiger partial charge in [-0.15, -0.1) is 5.10 Å². The summed E-state index contributed by atoms with van der Waals surface area (Å²) in [7, 11) is 1.47. The van der Waals surface area contributed by atoms with Crippen molar-refractivity contribution < 1.29 is 19.1 Å². The Morgan fingerprint density at radius 3 is 2.62 bits per heavy atom. The monoisotopic (exact) mass is 364 g/mol. The van der Waals surface area contributed by atoms with E-state index in [2.05, 4.69) is 20.8 Å². The van der Waals surface area contributed by atoms with Gasteiger partial charge in [0.1, 0.15) is 5.82 Å². The van der Waals surface area contributed by atoms with Crippen molar-refractivity contribution in [1.29, 1.82) is 0 Å². The van der Waals surface area contributed by atoms with Crippen molar-refractivity contribution in [2.45, 2.75) is 26.8 Å². The largest absolute Gasteiger partial charge is 0.481 e. The zero-order valence-electron chi connectivity index (χ0n) is 15.0. The average Bonchev–Trinajstić information content (AvgIpc) is 3.04. The van der Waals surface area contributed by atoms with Gasteiger partial charge in [-0.1, -0.05) is 6.92 Å². The number of carbonyl (C=O) groups excluding carboxylic acids is 1. The third-order valence-corrected chi connectivity index (χ3v) is 3.76. The smallest absolute Gasteiger partial charge is 0.321 e. The van der Waals surface area contributed by atoms with Crippen LogP contribution in [0.2, 0.25) is 0 Å². The summed E-state index contributed by atoms with van der Waals surface area (Å²) in [5, 5.41) is 22.7. The van der Waals surface area contributed by atoms with Gasteiger partial charge in [0.05, 0.1) is 17.5 Å². The number of benzene rings is 1. The molecule has 2 rings (SSSR count). The number of anilines is 1. The van der Waals surface area contributed by atoms with Crippen LogP contribution in [0.15, 0.2) is 18.2 Å². The molecule has 1 atom stereocenters. The zero-order valence-corrected chi connectivity index (χ0v) is 15.0. The minimum atomic E-state index is -0.997. The highest BCUT2D eigenvalue weighted by Crippen LogP contribution is 2.25. The van der Waals surface area contributed by atoms with Crippen LogP contribution < -0.4 is 5.32 Å². The summed E-state index contributed by atoms with van der Waals surface area (Å²) in [6, 6.07) is 3.61. The number of tetrazole rings is 1. The lowest BCUT2D eigenvalue weighted by Crippen LogP contribution is -2.36. The minimum absolute atomic E-state index is 0.0326. The fourth-order valence-electron chi connectivity index (χ4n) is 2.28. The standard InChI is InChI=1S/C16H21FN6O3/c1-9(2)23-14(19-20-21-23)12-6-5-11(7-13(12)17)18-16(26)22(4)8-10(3)15(24)25/h5-7,9-10H,8H2,1-4H3,(H,18,26)(H,24,25). The molecule has 0 saturated carbocycles. The first-order valence-electron chi connectivity index (χ1n) is 8.03. The van der Waals surface area contributed by atoms with Gasteiger partial charge >= 0.3 is 12.0 Å². The molecule has 2 amide bonds. The molecule has 0 fully saturated rings. The molecule has 2 N–H and O–H groups in total. The number of aliphatic carboxylic acids is 1. The minimum Gasteiger partial charge on any atom is -0.481 e. The topological polar surface area (TPSA) is 113 Å². The third kappa shape index (κ3) is 4.32. The quantitative estimate of drug-likeness (QED) is 0.813. The number of carboxylic acid groups (broad SMARTS) is 1. The van der Waals surface area contributed by atoms with Crippen LogP contribution in [0.4, 0.5) is 14.9 Å². The predicted molar refractivity (Wildman–Crippen MR) is 92.0 cm³/mol. The third-order valence-electron chi connectivity index (χ3n) is 3.76. The summed E-state index contributed by atoms with van der Waals surface area (Å²) in [6.07, 6.45) is 0. The van der Waals surface area contributed by atoms with Crippen LogP contribution in [0.5, 0.6) is 0 Å². The first-order valence-corrected chi connectivity index (χ1v) is 8.03. The number of nitrogens with one attached hydrogen (secondary N) is 1. The Balaban J connectivity index is 2.13. The molecule has 1 heterocycles. The van der Waals surface area contributed by atoms with Gasteiger partial charge in [0.25, 0.3) is 0 Å². The van der Waals surface area contributed by atoms with E-state index >= 15 is 0 Å². The van der Waals surface area contributed by atoms with Crippen molar-refractivity contribution in [1.82, 2.24) is 25.1 Å². The average molecular weight is 364 g/mol. The van der Waals surface area contributed by atoms with Gasteiger partial charge in [0.15, 0.2) is 5.82 Å². The molecule has 0 aliphatic heterocycles. The number of urea groups is 1. The summed E-state index contributed by atoms with van der Waals surface area (Å²) in [5.74, 6) is -1.99. The van der Waals surface area contributed by atoms with E-state index in [1.165, 1.54) is 41.8 Å². The SMILES string of the molecule is CC(CN(C)C(=O)Nc1ccc(-c2nnnn2C(C)C)c(F)c1)C(=O)O. The normalized spacial score (nSPS) is 12.1. The fraction of sp³-hybridized carbons (Fsp3) is 0.438. The van der Waals surface area contributed by atoms with Crippen molar-refractivity contribution in [3.63, 3.8) is 0 Å². The van der Waals surface area contributed by atoms with Crippen LogP contribution in [0, 0.1) is 11.7 Å². The second-order valence-electron chi connectivity index (χ2n) is 6.29. The Kier molecular flexibility index (Phi) is 5.86. The molecule has 1 aromatic heterocycles. The molecule has 0 bridgehead atoms. The summed E-state index contributed by atoms with van der Waals surface area (Å²) >= 11 is 0. The van der Waals surface area contributed by atoms with Crippen LogP contribution in [0.1, 0.15) is 26.8 Å². The Labute approximate surface area is 149 Å². The number of rotatable bonds is 6. The van der Waals surface area contributed by atoms with E-state index in [-0.39, 0.29) is 23.8 Å². The van der Waals surface area contributed by atoms with E-state index in [4.69, 9.17) is 5.11 Å². The molecule has 0 aliphatic rings. The summed E-state index contributed by atoms with van der Waals surface area (Å²) in [6.45, 7) is 5.28. The van der Waals surface area contributed by atoms with Gasteiger partial charge in [-0.2, -0.15) is 0 Å². The molecule has 0 aliphatic carbocycles. The maximum atomic E-state index is 14.5. The van der Waals surface area contributed by atoms with Gasteiger partial charge in [-0.05, 0) is 42.5 Å². The lowest BCUT2D eigenvalue weighted by Gasteiger charge is -2.20. The fourth-order valence-corrected chi connectivity index (χ4v) is 2.28. The van der Waals surface area contributed by atoms with Gasteiger partial charge in [-0.3, -0.25) is 4.79 Å². The highest BCUT2D eigenvalue weighted by molar-refractivity contribution is 5.89. The molecule has 0 saturated heterocycles. The van der Waals surface area contributed by atoms with E-state index in [0.29, 0.717) is 5.82 Å². The summed E-state index contributed by atoms with van der Waals surface area (Å²) < 4.78 is 16.0. The number of halogens is 1. The van der Waals surface area contributed by atoms with Gasteiger partial charge < -0.3 is 15.3 Å². The van der Waals surface area contributed by atoms with Crippen LogP contribution in [-0.4, -0.2) is 55.8 Å². The Morgan fingerprint density at radius 1 is 1.35 bits per heavy atom. The molecule has 1 aromatic carbocycles. The van der Waals surface area contributed by atoms with Crippen molar-refractivity contribution >= 4 is 17.7 Å². The molecule has 140 valence electrons. The molecular formula is C16H21FN6O3. The molecular weight excluding hydrogens is 343 g/mol. The van der Waals surface area contributed by atoms with E-state index in [1.54, 1.807) is 0 Å². The van der Waals surface area contributed by atoms with E-state index < -0.39 is 23.7 Å². The maximum absolute atomic E-state index is 14.5. The number of carbonyl (C=O) groups is 2. The molecule has 2 aromatic rings. The predicted octanol–water partition coefficient (Wildman–Crippen LogP) is 2.24. The van der Waals surface area contributed by atoms with E-state index in [1.807, 2.05) is 13.8 Å². The lowest BCUT2D eigenvalue weighted by atomic mass is 10.1. The van der Waals surface area contributed by atoms with Crippen molar-refractivity contribution in [2.75, 3.05) is 18.9 Å². The first kappa shape index (κ1) is 19.3. The molecule has 1 unspecified atom stereocenters. The second kappa shape index (κ2) is 7.89. The summed E-state index contributed by atoms with van der Waals surface area (Å²) in [4.78, 5) is 24.2. The van der Waals surface area contributed by atoms with Gasteiger partial charge in [0, 0.05) is 19.3 Å². The molecule has 0 spiro atoms. The lowest BCUT2D eigenvalue weighted by molar-refractivity contribution is -0.141. The van der Waals surface area contributed by atoms with Gasteiger partial charge in [0.2, 0.25) is 0 Å².